The molecule has 0 aliphatic heterocycles. The second-order valence-electron chi connectivity index (χ2n) is 4.28. The van der Waals surface area contributed by atoms with Crippen molar-refractivity contribution in [1.82, 2.24) is 0 Å². The lowest BCUT2D eigenvalue weighted by molar-refractivity contribution is 0.152. The number of nitrogen functional groups attached to an aromatic ring is 1. The summed E-state index contributed by atoms with van der Waals surface area (Å²) in [4.78, 5) is 0. The zero-order valence-electron chi connectivity index (χ0n) is 9.95. The van der Waals surface area contributed by atoms with Crippen molar-refractivity contribution in [1.29, 1.82) is 0 Å². The third-order valence-electron chi connectivity index (χ3n) is 2.41. The number of nitrogens with two attached hydrogens (primary N) is 1. The first kappa shape index (κ1) is 13.7. The first-order valence-corrected chi connectivity index (χ1v) is 5.52. The molecule has 2 unspecified atom stereocenters. The number of hydrogen-bond acceptors (Lipinski definition) is 3. The first-order valence-electron chi connectivity index (χ1n) is 5.52. The monoisotopic (exact) mass is 244 g/mol. The molecule has 0 fully saturated rings. The standard InChI is InChI=1S/C12H18F2N2O/c1-7(5-8(2)17)16-11-4-3-9(15)6-10(11)12(13)14/h3-4,6-8,12,16-17H,5,15H2,1-2H3. The molecule has 0 radical (unpaired) electrons. The second-order valence-corrected chi connectivity index (χ2v) is 4.28. The predicted molar refractivity (Wildman–Crippen MR) is 65.2 cm³/mol. The Bertz CT molecular complexity index is 370. The molecule has 4 N–H and O–H groups in total. The molecule has 1 rings (SSSR count). The van der Waals surface area contributed by atoms with E-state index in [0.717, 1.165) is 0 Å². The van der Waals surface area contributed by atoms with E-state index in [1.54, 1.807) is 13.0 Å². The molecule has 0 saturated heterocycles. The SMILES string of the molecule is CC(O)CC(C)Nc1ccc(N)cc1C(F)F. The van der Waals surface area contributed by atoms with Crippen molar-refractivity contribution in [3.05, 3.63) is 23.8 Å². The first-order chi connectivity index (χ1) is 7.90. The molecule has 1 aromatic rings. The maximum Gasteiger partial charge on any atom is 0.265 e. The summed E-state index contributed by atoms with van der Waals surface area (Å²) in [5.74, 6) is 0. The minimum atomic E-state index is -2.57. The number of aliphatic hydroxyl groups is 1. The Balaban J connectivity index is 2.83. The molecule has 96 valence electrons. The molecular weight excluding hydrogens is 226 g/mol. The van der Waals surface area contributed by atoms with Crippen LogP contribution in [0.25, 0.3) is 0 Å². The highest BCUT2D eigenvalue weighted by Crippen LogP contribution is 2.29. The molecule has 0 amide bonds. The highest BCUT2D eigenvalue weighted by Gasteiger charge is 2.15. The zero-order valence-corrected chi connectivity index (χ0v) is 9.95. The molecule has 0 saturated carbocycles. The molecule has 0 heterocycles. The minimum Gasteiger partial charge on any atom is -0.399 e. The van der Waals surface area contributed by atoms with Gasteiger partial charge in [0.1, 0.15) is 0 Å². The Morgan fingerprint density at radius 2 is 2.00 bits per heavy atom. The Kier molecular flexibility index (Phi) is 4.69. The van der Waals surface area contributed by atoms with Gasteiger partial charge in [0, 0.05) is 23.0 Å². The second kappa shape index (κ2) is 5.82. The summed E-state index contributed by atoms with van der Waals surface area (Å²) in [6.45, 7) is 3.49. The van der Waals surface area contributed by atoms with Crippen LogP contribution in [0.4, 0.5) is 20.2 Å². The third-order valence-corrected chi connectivity index (χ3v) is 2.41. The van der Waals surface area contributed by atoms with Crippen molar-refractivity contribution >= 4 is 11.4 Å². The van der Waals surface area contributed by atoms with Crippen LogP contribution in [-0.2, 0) is 0 Å². The van der Waals surface area contributed by atoms with Crippen molar-refractivity contribution in [3.63, 3.8) is 0 Å². The van der Waals surface area contributed by atoms with Gasteiger partial charge < -0.3 is 16.2 Å². The van der Waals surface area contributed by atoms with E-state index in [-0.39, 0.29) is 11.6 Å². The summed E-state index contributed by atoms with van der Waals surface area (Å²) in [5.41, 5.74) is 6.04. The molecule has 3 nitrogen and oxygen atoms in total. The van der Waals surface area contributed by atoms with Crippen molar-refractivity contribution < 1.29 is 13.9 Å². The zero-order chi connectivity index (χ0) is 13.0. The van der Waals surface area contributed by atoms with Crippen LogP contribution in [0.15, 0.2) is 18.2 Å². The quantitative estimate of drug-likeness (QED) is 0.698. The van der Waals surface area contributed by atoms with Gasteiger partial charge in [-0.3, -0.25) is 0 Å². The molecule has 0 aliphatic rings. The maximum atomic E-state index is 12.8. The van der Waals surface area contributed by atoms with Gasteiger partial charge in [0.25, 0.3) is 6.43 Å². The molecular formula is C12H18F2N2O. The molecule has 0 aromatic heterocycles. The van der Waals surface area contributed by atoms with Crippen LogP contribution in [0, 0.1) is 0 Å². The Morgan fingerprint density at radius 3 is 2.53 bits per heavy atom. The summed E-state index contributed by atoms with van der Waals surface area (Å²) in [7, 11) is 0. The summed E-state index contributed by atoms with van der Waals surface area (Å²) < 4.78 is 25.6. The largest absolute Gasteiger partial charge is 0.399 e. The van der Waals surface area contributed by atoms with Crippen LogP contribution in [-0.4, -0.2) is 17.3 Å². The van der Waals surface area contributed by atoms with Gasteiger partial charge in [-0.05, 0) is 38.5 Å². The van der Waals surface area contributed by atoms with Gasteiger partial charge in [-0.2, -0.15) is 0 Å². The van der Waals surface area contributed by atoms with Gasteiger partial charge in [0.05, 0.1) is 6.10 Å². The van der Waals surface area contributed by atoms with Crippen LogP contribution < -0.4 is 11.1 Å². The summed E-state index contributed by atoms with van der Waals surface area (Å²) in [5, 5.41) is 12.2. The fraction of sp³-hybridized carbons (Fsp3) is 0.500. The lowest BCUT2D eigenvalue weighted by atomic mass is 10.1. The van der Waals surface area contributed by atoms with Crippen LogP contribution in [0.3, 0.4) is 0 Å². The van der Waals surface area contributed by atoms with Crippen molar-refractivity contribution in [2.75, 3.05) is 11.1 Å². The van der Waals surface area contributed by atoms with E-state index in [2.05, 4.69) is 5.32 Å². The topological polar surface area (TPSA) is 58.3 Å². The van der Waals surface area contributed by atoms with Crippen molar-refractivity contribution in [2.24, 2.45) is 0 Å². The van der Waals surface area contributed by atoms with E-state index in [1.165, 1.54) is 12.1 Å². The van der Waals surface area contributed by atoms with E-state index in [0.29, 0.717) is 17.8 Å². The van der Waals surface area contributed by atoms with Crippen molar-refractivity contribution in [2.45, 2.75) is 38.8 Å². The third kappa shape index (κ3) is 4.19. The Morgan fingerprint density at radius 1 is 1.35 bits per heavy atom. The lowest BCUT2D eigenvalue weighted by Crippen LogP contribution is -2.21. The minimum absolute atomic E-state index is 0.0869. The van der Waals surface area contributed by atoms with Crippen LogP contribution >= 0.6 is 0 Å². The molecule has 0 spiro atoms. The van der Waals surface area contributed by atoms with Gasteiger partial charge in [-0.25, -0.2) is 8.78 Å². The van der Waals surface area contributed by atoms with Gasteiger partial charge >= 0.3 is 0 Å². The molecule has 0 bridgehead atoms. The number of anilines is 2. The fourth-order valence-electron chi connectivity index (χ4n) is 1.73. The maximum absolute atomic E-state index is 12.8. The van der Waals surface area contributed by atoms with Crippen LogP contribution in [0.1, 0.15) is 32.3 Å². The van der Waals surface area contributed by atoms with Crippen molar-refractivity contribution in [3.8, 4) is 0 Å². The van der Waals surface area contributed by atoms with Crippen LogP contribution in [0.5, 0.6) is 0 Å². The summed E-state index contributed by atoms with van der Waals surface area (Å²) in [6.07, 6.45) is -2.55. The number of benzene rings is 1. The number of aliphatic hydroxyl groups excluding tert-OH is 1. The number of hydrogen-bond donors (Lipinski definition) is 3. The average molecular weight is 244 g/mol. The average Bonchev–Trinajstić information content (AvgIpc) is 2.19. The Hall–Kier alpha value is -1.36. The van der Waals surface area contributed by atoms with E-state index in [1.807, 2.05) is 6.92 Å². The number of nitrogens with one attached hydrogen (secondary N) is 1. The van der Waals surface area contributed by atoms with E-state index in [4.69, 9.17) is 5.73 Å². The summed E-state index contributed by atoms with van der Waals surface area (Å²) in [6, 6.07) is 4.29. The number of halogens is 2. The predicted octanol–water partition coefficient (Wildman–Crippen LogP) is 2.78. The van der Waals surface area contributed by atoms with Gasteiger partial charge in [0.15, 0.2) is 0 Å². The van der Waals surface area contributed by atoms with E-state index >= 15 is 0 Å². The molecule has 17 heavy (non-hydrogen) atoms. The molecule has 2 atom stereocenters. The van der Waals surface area contributed by atoms with Crippen LogP contribution in [0.2, 0.25) is 0 Å². The smallest absolute Gasteiger partial charge is 0.265 e. The number of alkyl halides is 2. The fourth-order valence-corrected chi connectivity index (χ4v) is 1.73. The normalized spacial score (nSPS) is 14.7. The van der Waals surface area contributed by atoms with E-state index < -0.39 is 12.5 Å². The van der Waals surface area contributed by atoms with Gasteiger partial charge in [-0.15, -0.1) is 0 Å². The summed E-state index contributed by atoms with van der Waals surface area (Å²) >= 11 is 0. The van der Waals surface area contributed by atoms with Gasteiger partial charge in [0.2, 0.25) is 0 Å². The number of rotatable bonds is 5. The Labute approximate surface area is 99.6 Å². The van der Waals surface area contributed by atoms with Gasteiger partial charge in [-0.1, -0.05) is 0 Å². The molecule has 5 heteroatoms. The lowest BCUT2D eigenvalue weighted by Gasteiger charge is -2.19. The van der Waals surface area contributed by atoms with E-state index in [9.17, 15) is 13.9 Å². The molecule has 1 aromatic carbocycles. The highest BCUT2D eigenvalue weighted by molar-refractivity contribution is 5.59. The highest BCUT2D eigenvalue weighted by atomic mass is 19.3. The molecule has 0 aliphatic carbocycles.